The molecular weight excluding hydrogens is 333 g/mol. The van der Waals surface area contributed by atoms with E-state index < -0.39 is 11.7 Å². The van der Waals surface area contributed by atoms with Gasteiger partial charge in [-0.15, -0.1) is 0 Å². The number of hydrogen-bond acceptors (Lipinski definition) is 2. The Bertz CT molecular complexity index is 642. The molecule has 1 saturated heterocycles. The van der Waals surface area contributed by atoms with Crippen LogP contribution in [0.2, 0.25) is 0 Å². The first-order valence-electron chi connectivity index (χ1n) is 8.58. The maximum Gasteiger partial charge on any atom is 0.416 e. The summed E-state index contributed by atoms with van der Waals surface area (Å²) in [7, 11) is 1.35. The predicted octanol–water partition coefficient (Wildman–Crippen LogP) is 4.65. The van der Waals surface area contributed by atoms with Crippen LogP contribution in [-0.2, 0) is 17.5 Å². The number of alkyl halides is 3. The van der Waals surface area contributed by atoms with Crippen LogP contribution in [0.3, 0.4) is 0 Å². The number of carbonyl (C=O) groups excluding carboxylic acids is 1. The van der Waals surface area contributed by atoms with E-state index in [-0.39, 0.29) is 23.9 Å². The number of halogens is 3. The van der Waals surface area contributed by atoms with Crippen LogP contribution >= 0.6 is 0 Å². The van der Waals surface area contributed by atoms with Crippen LogP contribution in [0.15, 0.2) is 18.2 Å². The zero-order valence-electron chi connectivity index (χ0n) is 14.3. The lowest BCUT2D eigenvalue weighted by Gasteiger charge is -2.22. The largest absolute Gasteiger partial charge is 0.416 e. The number of nitrogens with zero attached hydrogens (tertiary/aromatic N) is 1. The first-order chi connectivity index (χ1) is 11.8. The SMILES string of the molecule is COCc1ccc(NC(=O)N2CCCC3(CC2)CC3)cc1C(F)(F)F. The molecule has 7 heteroatoms. The topological polar surface area (TPSA) is 41.6 Å². The Kier molecular flexibility index (Phi) is 4.95. The van der Waals surface area contributed by atoms with Gasteiger partial charge >= 0.3 is 12.2 Å². The molecule has 2 amide bonds. The molecule has 1 saturated carbocycles. The number of ether oxygens (including phenoxy) is 1. The fraction of sp³-hybridized carbons (Fsp3) is 0.611. The molecule has 0 atom stereocenters. The number of likely N-dealkylation sites (tertiary alicyclic amines) is 1. The molecule has 0 bridgehead atoms. The molecule has 4 nitrogen and oxygen atoms in total. The van der Waals surface area contributed by atoms with E-state index in [1.165, 1.54) is 32.1 Å². The summed E-state index contributed by atoms with van der Waals surface area (Å²) < 4.78 is 44.5. The van der Waals surface area contributed by atoms with Crippen molar-refractivity contribution in [3.8, 4) is 0 Å². The molecule has 3 rings (SSSR count). The summed E-state index contributed by atoms with van der Waals surface area (Å²) in [6, 6.07) is 3.49. The highest BCUT2D eigenvalue weighted by atomic mass is 19.4. The molecule has 0 aromatic heterocycles. The molecule has 25 heavy (non-hydrogen) atoms. The van der Waals surface area contributed by atoms with Crippen molar-refractivity contribution < 1.29 is 22.7 Å². The smallest absolute Gasteiger partial charge is 0.380 e. The molecule has 1 aliphatic carbocycles. The first-order valence-corrected chi connectivity index (χ1v) is 8.58. The van der Waals surface area contributed by atoms with Gasteiger partial charge in [-0.05, 0) is 55.2 Å². The molecule has 1 spiro atoms. The lowest BCUT2D eigenvalue weighted by molar-refractivity contribution is -0.138. The molecule has 1 aromatic carbocycles. The zero-order chi connectivity index (χ0) is 18.1. The third kappa shape index (κ3) is 4.26. The second-order valence-corrected chi connectivity index (χ2v) is 7.07. The van der Waals surface area contributed by atoms with Crippen molar-refractivity contribution >= 4 is 11.7 Å². The van der Waals surface area contributed by atoms with Crippen LogP contribution < -0.4 is 5.32 Å². The molecule has 0 radical (unpaired) electrons. The molecule has 1 heterocycles. The van der Waals surface area contributed by atoms with Crippen LogP contribution in [0.1, 0.15) is 43.2 Å². The maximum atomic E-state index is 13.2. The predicted molar refractivity (Wildman–Crippen MR) is 88.3 cm³/mol. The molecule has 1 aromatic rings. The van der Waals surface area contributed by atoms with Gasteiger partial charge in [0.05, 0.1) is 12.2 Å². The van der Waals surface area contributed by atoms with Crippen molar-refractivity contribution in [2.24, 2.45) is 5.41 Å². The van der Waals surface area contributed by atoms with Gasteiger partial charge in [-0.2, -0.15) is 13.2 Å². The second kappa shape index (κ2) is 6.86. The number of carbonyl (C=O) groups is 1. The van der Waals surface area contributed by atoms with Gasteiger partial charge < -0.3 is 15.0 Å². The molecule has 2 fully saturated rings. The minimum Gasteiger partial charge on any atom is -0.380 e. The Morgan fingerprint density at radius 3 is 2.64 bits per heavy atom. The van der Waals surface area contributed by atoms with Crippen LogP contribution in [0.5, 0.6) is 0 Å². The zero-order valence-corrected chi connectivity index (χ0v) is 14.3. The Hall–Kier alpha value is -1.76. The Morgan fingerprint density at radius 2 is 2.00 bits per heavy atom. The number of benzene rings is 1. The average molecular weight is 356 g/mol. The summed E-state index contributed by atoms with van der Waals surface area (Å²) in [5, 5.41) is 2.62. The fourth-order valence-corrected chi connectivity index (χ4v) is 3.54. The lowest BCUT2D eigenvalue weighted by Crippen LogP contribution is -2.35. The van der Waals surface area contributed by atoms with Gasteiger partial charge in [0, 0.05) is 25.9 Å². The number of hydrogen-bond donors (Lipinski definition) is 1. The van der Waals surface area contributed by atoms with Crippen LogP contribution in [0.25, 0.3) is 0 Å². The van der Waals surface area contributed by atoms with E-state index in [1.54, 1.807) is 4.90 Å². The van der Waals surface area contributed by atoms with E-state index in [2.05, 4.69) is 5.32 Å². The molecule has 2 aliphatic rings. The second-order valence-electron chi connectivity index (χ2n) is 7.07. The highest BCUT2D eigenvalue weighted by Gasteiger charge is 2.43. The number of methoxy groups -OCH3 is 1. The summed E-state index contributed by atoms with van der Waals surface area (Å²) >= 11 is 0. The van der Waals surface area contributed by atoms with Crippen molar-refractivity contribution in [1.29, 1.82) is 0 Å². The minimum atomic E-state index is -4.49. The van der Waals surface area contributed by atoms with Crippen LogP contribution in [-0.4, -0.2) is 31.1 Å². The van der Waals surface area contributed by atoms with Crippen LogP contribution in [0, 0.1) is 5.41 Å². The van der Waals surface area contributed by atoms with Crippen molar-refractivity contribution in [2.45, 2.75) is 44.9 Å². The molecule has 1 aliphatic heterocycles. The standard InChI is InChI=1S/C18H23F3N2O2/c1-25-12-13-3-4-14(11-15(13)18(19,20)21)22-16(24)23-9-2-5-17(6-7-17)8-10-23/h3-4,11H,2,5-10,12H2,1H3,(H,22,24). The van der Waals surface area contributed by atoms with Gasteiger partial charge in [0.15, 0.2) is 0 Å². The van der Waals surface area contributed by atoms with Gasteiger partial charge in [-0.1, -0.05) is 6.07 Å². The van der Waals surface area contributed by atoms with Crippen LogP contribution in [0.4, 0.5) is 23.7 Å². The number of amides is 2. The van der Waals surface area contributed by atoms with E-state index in [4.69, 9.17) is 4.74 Å². The number of rotatable bonds is 3. The van der Waals surface area contributed by atoms with Crippen molar-refractivity contribution in [3.05, 3.63) is 29.3 Å². The highest BCUT2D eigenvalue weighted by Crippen LogP contribution is 2.53. The van der Waals surface area contributed by atoms with E-state index in [9.17, 15) is 18.0 Å². The fourth-order valence-electron chi connectivity index (χ4n) is 3.54. The molecule has 138 valence electrons. The summed E-state index contributed by atoms with van der Waals surface area (Å²) in [5.74, 6) is 0. The minimum absolute atomic E-state index is 0.0541. The first kappa shape index (κ1) is 18.0. The number of anilines is 1. The van der Waals surface area contributed by atoms with E-state index >= 15 is 0 Å². The monoisotopic (exact) mass is 356 g/mol. The van der Waals surface area contributed by atoms with E-state index in [0.717, 1.165) is 25.3 Å². The number of urea groups is 1. The van der Waals surface area contributed by atoms with Gasteiger partial charge in [0.2, 0.25) is 0 Å². The van der Waals surface area contributed by atoms with Gasteiger partial charge in [-0.3, -0.25) is 0 Å². The summed E-state index contributed by atoms with van der Waals surface area (Å²) in [6.45, 7) is 1.19. The quantitative estimate of drug-likeness (QED) is 0.856. The normalized spacial score (nSPS) is 19.6. The average Bonchev–Trinajstić information content (AvgIpc) is 3.35. The summed E-state index contributed by atoms with van der Waals surface area (Å²) in [5.41, 5.74) is -0.138. The molecule has 0 unspecified atom stereocenters. The van der Waals surface area contributed by atoms with Gasteiger partial charge in [-0.25, -0.2) is 4.79 Å². The van der Waals surface area contributed by atoms with E-state index in [0.29, 0.717) is 18.5 Å². The van der Waals surface area contributed by atoms with Gasteiger partial charge in [0.25, 0.3) is 0 Å². The highest BCUT2D eigenvalue weighted by molar-refractivity contribution is 5.89. The molecular formula is C18H23F3N2O2. The Labute approximate surface area is 145 Å². The van der Waals surface area contributed by atoms with Crippen molar-refractivity contribution in [1.82, 2.24) is 4.90 Å². The Morgan fingerprint density at radius 1 is 1.24 bits per heavy atom. The van der Waals surface area contributed by atoms with Crippen molar-refractivity contribution in [2.75, 3.05) is 25.5 Å². The number of nitrogens with one attached hydrogen (secondary N) is 1. The summed E-state index contributed by atoms with van der Waals surface area (Å²) in [6.07, 6.45) is 1.06. The maximum absolute atomic E-state index is 13.2. The lowest BCUT2D eigenvalue weighted by atomic mass is 9.98. The third-order valence-corrected chi connectivity index (χ3v) is 5.26. The van der Waals surface area contributed by atoms with Crippen molar-refractivity contribution in [3.63, 3.8) is 0 Å². The Balaban J connectivity index is 1.70. The summed E-state index contributed by atoms with van der Waals surface area (Å²) in [4.78, 5) is 14.1. The van der Waals surface area contributed by atoms with E-state index in [1.807, 2.05) is 0 Å². The van der Waals surface area contributed by atoms with Gasteiger partial charge in [0.1, 0.15) is 0 Å². The molecule has 1 N–H and O–H groups in total. The third-order valence-electron chi connectivity index (χ3n) is 5.26.